The van der Waals surface area contributed by atoms with E-state index in [0.29, 0.717) is 10.8 Å². The average molecular weight is 296 g/mol. The van der Waals surface area contributed by atoms with Gasteiger partial charge in [0.2, 0.25) is 0 Å². The summed E-state index contributed by atoms with van der Waals surface area (Å²) in [5.74, 6) is 0.0329. The molecule has 0 bridgehead atoms. The lowest BCUT2D eigenvalue weighted by molar-refractivity contribution is 0.0591. The maximum atomic E-state index is 11.7. The van der Waals surface area contributed by atoms with Gasteiger partial charge in [-0.05, 0) is 25.2 Å². The molecule has 20 heavy (non-hydrogen) atoms. The van der Waals surface area contributed by atoms with Crippen molar-refractivity contribution in [3.8, 4) is 0 Å². The lowest BCUT2D eigenvalue weighted by Gasteiger charge is -2.18. The molecule has 2 rings (SSSR count). The summed E-state index contributed by atoms with van der Waals surface area (Å²) in [5, 5.41) is 0.754. The van der Waals surface area contributed by atoms with E-state index in [1.54, 1.807) is 0 Å². The van der Waals surface area contributed by atoms with Crippen LogP contribution in [-0.2, 0) is 4.74 Å². The van der Waals surface area contributed by atoms with Crippen LogP contribution in [0.15, 0.2) is 0 Å². The number of methoxy groups -OCH3 is 1. The Morgan fingerprint density at radius 1 is 1.35 bits per heavy atom. The molecule has 2 heterocycles. The highest BCUT2D eigenvalue weighted by atomic mass is 32.1. The monoisotopic (exact) mass is 296 g/mol. The van der Waals surface area contributed by atoms with Crippen LogP contribution in [0.5, 0.6) is 0 Å². The third-order valence-electron chi connectivity index (χ3n) is 3.60. The van der Waals surface area contributed by atoms with E-state index in [9.17, 15) is 9.59 Å². The van der Waals surface area contributed by atoms with Crippen molar-refractivity contribution in [2.24, 2.45) is 5.92 Å². The smallest absolute Gasteiger partial charge is 0.358 e. The Morgan fingerprint density at radius 3 is 2.75 bits per heavy atom. The van der Waals surface area contributed by atoms with Crippen LogP contribution < -0.4 is 4.90 Å². The molecule has 0 aliphatic carbocycles. The van der Waals surface area contributed by atoms with Gasteiger partial charge in [-0.2, -0.15) is 0 Å². The van der Waals surface area contributed by atoms with Gasteiger partial charge in [-0.3, -0.25) is 4.79 Å². The summed E-state index contributed by atoms with van der Waals surface area (Å²) in [5.41, 5.74) is 0.150. The molecule has 0 radical (unpaired) electrons. The number of ether oxygens (including phenoxy) is 1. The molecule has 110 valence electrons. The quantitative estimate of drug-likeness (QED) is 0.634. The van der Waals surface area contributed by atoms with E-state index in [4.69, 9.17) is 4.74 Å². The Morgan fingerprint density at radius 2 is 2.10 bits per heavy atom. The topological polar surface area (TPSA) is 59.5 Å². The number of carbonyl (C=O) groups is 2. The summed E-state index contributed by atoms with van der Waals surface area (Å²) >= 11 is 1.29. The molecule has 5 nitrogen and oxygen atoms in total. The SMILES string of the molecule is COC(=O)c1nc(N2CCCC(C)CC2)sc1C(C)=O. The summed E-state index contributed by atoms with van der Waals surface area (Å²) in [6.45, 7) is 5.56. The molecule has 0 saturated carbocycles. The molecular formula is C14H20N2O3S. The van der Waals surface area contributed by atoms with Gasteiger partial charge in [-0.1, -0.05) is 18.3 Å². The number of carbonyl (C=O) groups excluding carboxylic acids is 2. The number of Topliss-reactive ketones (excluding diaryl/α,β-unsaturated/α-hetero) is 1. The van der Waals surface area contributed by atoms with E-state index in [1.165, 1.54) is 31.8 Å². The predicted octanol–water partition coefficient (Wildman–Crippen LogP) is 2.76. The molecule has 1 aliphatic rings. The van der Waals surface area contributed by atoms with Crippen LogP contribution in [0.1, 0.15) is 53.3 Å². The molecule has 1 saturated heterocycles. The summed E-state index contributed by atoms with van der Waals surface area (Å²) in [6, 6.07) is 0. The molecule has 1 atom stereocenters. The van der Waals surface area contributed by atoms with Gasteiger partial charge in [0.15, 0.2) is 16.6 Å². The van der Waals surface area contributed by atoms with E-state index in [2.05, 4.69) is 16.8 Å². The highest BCUT2D eigenvalue weighted by Crippen LogP contribution is 2.30. The first kappa shape index (κ1) is 15.0. The van der Waals surface area contributed by atoms with Crippen molar-refractivity contribution >= 4 is 28.2 Å². The van der Waals surface area contributed by atoms with Crippen LogP contribution in [0.2, 0.25) is 0 Å². The van der Waals surface area contributed by atoms with E-state index in [-0.39, 0.29) is 11.5 Å². The Hall–Kier alpha value is -1.43. The van der Waals surface area contributed by atoms with Gasteiger partial charge in [0.05, 0.1) is 7.11 Å². The minimum atomic E-state index is -0.541. The normalized spacial score (nSPS) is 19.6. The Bertz CT molecular complexity index is 513. The molecule has 1 aromatic heterocycles. The van der Waals surface area contributed by atoms with Gasteiger partial charge in [0.1, 0.15) is 4.88 Å². The van der Waals surface area contributed by atoms with E-state index < -0.39 is 5.97 Å². The van der Waals surface area contributed by atoms with Crippen molar-refractivity contribution in [1.82, 2.24) is 4.98 Å². The van der Waals surface area contributed by atoms with Crippen LogP contribution >= 0.6 is 11.3 Å². The first-order valence-electron chi connectivity index (χ1n) is 6.88. The van der Waals surface area contributed by atoms with Gasteiger partial charge in [0, 0.05) is 20.0 Å². The van der Waals surface area contributed by atoms with Crippen LogP contribution in [0.3, 0.4) is 0 Å². The van der Waals surface area contributed by atoms with Crippen molar-refractivity contribution in [3.63, 3.8) is 0 Å². The van der Waals surface area contributed by atoms with Gasteiger partial charge in [-0.25, -0.2) is 9.78 Å². The largest absolute Gasteiger partial charge is 0.464 e. The van der Waals surface area contributed by atoms with E-state index >= 15 is 0 Å². The minimum Gasteiger partial charge on any atom is -0.464 e. The number of hydrogen-bond donors (Lipinski definition) is 0. The summed E-state index contributed by atoms with van der Waals surface area (Å²) < 4.78 is 4.70. The number of ketones is 1. The zero-order chi connectivity index (χ0) is 14.7. The van der Waals surface area contributed by atoms with Crippen LogP contribution in [0.4, 0.5) is 5.13 Å². The molecular weight excluding hydrogens is 276 g/mol. The fourth-order valence-corrected chi connectivity index (χ4v) is 3.37. The molecule has 0 N–H and O–H groups in total. The van der Waals surface area contributed by atoms with E-state index in [1.807, 2.05) is 0 Å². The number of thiazole rings is 1. The lowest BCUT2D eigenvalue weighted by Crippen LogP contribution is -2.24. The fourth-order valence-electron chi connectivity index (χ4n) is 2.37. The summed E-state index contributed by atoms with van der Waals surface area (Å²) in [7, 11) is 1.30. The third kappa shape index (κ3) is 3.17. The molecule has 1 aromatic rings. The van der Waals surface area contributed by atoms with Gasteiger partial charge >= 0.3 is 5.97 Å². The third-order valence-corrected chi connectivity index (χ3v) is 4.82. The average Bonchev–Trinajstić information content (AvgIpc) is 2.76. The second-order valence-electron chi connectivity index (χ2n) is 5.25. The lowest BCUT2D eigenvalue weighted by atomic mass is 10.0. The van der Waals surface area contributed by atoms with Gasteiger partial charge < -0.3 is 9.64 Å². The van der Waals surface area contributed by atoms with Crippen LogP contribution in [-0.4, -0.2) is 36.9 Å². The number of aromatic nitrogens is 1. The Kier molecular flexibility index (Phi) is 4.75. The van der Waals surface area contributed by atoms with Crippen molar-refractivity contribution in [2.75, 3.05) is 25.1 Å². The zero-order valence-corrected chi connectivity index (χ0v) is 13.0. The highest BCUT2D eigenvalue weighted by molar-refractivity contribution is 7.17. The number of nitrogens with zero attached hydrogens (tertiary/aromatic N) is 2. The standard InChI is InChI=1S/C14H20N2O3S/c1-9-5-4-7-16(8-6-9)14-15-11(13(18)19-3)12(20-14)10(2)17/h9H,4-8H2,1-3H3. The number of hydrogen-bond acceptors (Lipinski definition) is 6. The molecule has 1 aliphatic heterocycles. The predicted molar refractivity (Wildman–Crippen MR) is 78.7 cm³/mol. The Balaban J connectivity index is 2.28. The molecule has 1 unspecified atom stereocenters. The summed E-state index contributed by atoms with van der Waals surface area (Å²) in [6.07, 6.45) is 3.44. The Labute approximate surface area is 122 Å². The van der Waals surface area contributed by atoms with E-state index in [0.717, 1.165) is 31.1 Å². The second-order valence-corrected chi connectivity index (χ2v) is 6.22. The van der Waals surface area contributed by atoms with Gasteiger partial charge in [0.25, 0.3) is 0 Å². The van der Waals surface area contributed by atoms with Crippen molar-refractivity contribution in [3.05, 3.63) is 10.6 Å². The van der Waals surface area contributed by atoms with Crippen molar-refractivity contribution < 1.29 is 14.3 Å². The first-order chi connectivity index (χ1) is 9.52. The van der Waals surface area contributed by atoms with Crippen molar-refractivity contribution in [2.45, 2.75) is 33.1 Å². The van der Waals surface area contributed by atoms with Crippen LogP contribution in [0, 0.1) is 5.92 Å². The summed E-state index contributed by atoms with van der Waals surface area (Å²) in [4.78, 5) is 30.3. The van der Waals surface area contributed by atoms with Crippen molar-refractivity contribution in [1.29, 1.82) is 0 Å². The number of esters is 1. The zero-order valence-electron chi connectivity index (χ0n) is 12.1. The number of rotatable bonds is 3. The highest BCUT2D eigenvalue weighted by Gasteiger charge is 2.25. The maximum Gasteiger partial charge on any atom is 0.358 e. The van der Waals surface area contributed by atoms with Gasteiger partial charge in [-0.15, -0.1) is 0 Å². The second kappa shape index (κ2) is 6.35. The molecule has 6 heteroatoms. The molecule has 0 amide bonds. The first-order valence-corrected chi connectivity index (χ1v) is 7.69. The maximum absolute atomic E-state index is 11.7. The molecule has 0 spiro atoms. The fraction of sp³-hybridized carbons (Fsp3) is 0.643. The number of anilines is 1. The molecule has 1 fully saturated rings. The minimum absolute atomic E-state index is 0.141. The molecule has 0 aromatic carbocycles. The van der Waals surface area contributed by atoms with Crippen LogP contribution in [0.25, 0.3) is 0 Å².